The summed E-state index contributed by atoms with van der Waals surface area (Å²) in [6.45, 7) is 56.3. The van der Waals surface area contributed by atoms with Crippen LogP contribution in [0.4, 0.5) is 0 Å². The van der Waals surface area contributed by atoms with Gasteiger partial charge in [0, 0.05) is 171 Å². The molecule has 8 aliphatic rings. The number of carbonyl (C=O) groups is 9. The van der Waals surface area contributed by atoms with Crippen LogP contribution >= 0.6 is 15.9 Å². The summed E-state index contributed by atoms with van der Waals surface area (Å²) in [4.78, 5) is 103. The van der Waals surface area contributed by atoms with Crippen LogP contribution in [0.3, 0.4) is 0 Å². The van der Waals surface area contributed by atoms with E-state index in [2.05, 4.69) is 114 Å². The number of hydrogen-bond acceptors (Lipinski definition) is 40. The molecule has 32 atom stereocenters. The number of fused-ring (bicyclic) bond motifs is 2. The average Bonchev–Trinajstić information content (AvgIpc) is 0.776. The van der Waals surface area contributed by atoms with Gasteiger partial charge in [0.2, 0.25) is 0 Å². The summed E-state index contributed by atoms with van der Waals surface area (Å²) in [6.07, 6.45) is -20.2. The van der Waals surface area contributed by atoms with E-state index in [-0.39, 0.29) is 62.4 Å². The Morgan fingerprint density at radius 3 is 0.960 bits per heavy atom. The Hall–Kier alpha value is -6.43. The van der Waals surface area contributed by atoms with Crippen molar-refractivity contribution >= 4 is 110 Å². The first-order valence-corrected chi connectivity index (χ1v) is 70.9. The van der Waals surface area contributed by atoms with E-state index >= 15 is 0 Å². The minimum absolute atomic E-state index is 0.0491. The first kappa shape index (κ1) is 132. The standard InChI is InChI=1S/C23H36O7Si.C21H32O6Si.C18H32O8Si.C18H28O6Si.C13H19BrO7.C11H24O6Si/c1-16-21(28-17(2)24)20(15-26-14-19-10-8-7-9-11-19)30-23(22(16)29-18(3)25)27-12-13-31(4,5)6;1-14-18-17(13-24-20(27-18)16-9-7-6-8-10-16)26-21(19(14)25-15(2)22)23-11-12-28(3,4)5;1-11-16(24-13(3)20)15(10-23-12(2)19)26-18(17(11)25-14(4)21)22-8-9-27(5,6)7;1-25(2,3)10-9-21-18-15(20)14(19)16-13(23-18)11-22-17(24-16)12-7-5-4-6-8-12;1-6-11(19-8(3)16)10(5-18-7(2)15)21-13(14)12(6)20-9(4)17;1-18(2,3)5-4-16-11-10(15)9(14)8(13)7(6-12)17-11/h7-11,16,20-23H,12-15H2,1-6H3;6-10,14,17-21H,11-13H2,1-5H3;11,15-18H,8-10H2,1-7H3;4-8,13-20H,9-11H2,1-3H3;6,10-13H,5H2,1-4H3;7-15H,4-6H2,1-3H3. The van der Waals surface area contributed by atoms with Crippen LogP contribution in [-0.4, -0.2) is 356 Å². The summed E-state index contributed by atoms with van der Waals surface area (Å²) in [6, 6.07) is 33.9. The predicted molar refractivity (Wildman–Crippen MR) is 563 cm³/mol. The molecule has 0 aromatic heterocycles. The molecule has 6 N–H and O–H groups in total. The quantitative estimate of drug-likeness (QED) is 0.0134. The van der Waals surface area contributed by atoms with Gasteiger partial charge in [0.25, 0.3) is 0 Å². The average molecular weight is 2280 g/mol. The molecular formula is C104H171BrO40Si5. The molecule has 0 aliphatic carbocycles. The number of aliphatic hydroxyl groups excluding tert-OH is 6. The summed E-state index contributed by atoms with van der Waals surface area (Å²) >= 11 is 3.28. The van der Waals surface area contributed by atoms with Crippen LogP contribution in [0, 0.1) is 23.7 Å². The largest absolute Gasteiger partial charge is 0.463 e. The highest BCUT2D eigenvalue weighted by atomic mass is 79.9. The summed E-state index contributed by atoms with van der Waals surface area (Å²) < 4.78 is 141. The zero-order valence-corrected chi connectivity index (χ0v) is 99.2. The van der Waals surface area contributed by atoms with Crippen LogP contribution in [0.5, 0.6) is 0 Å². The highest BCUT2D eigenvalue weighted by molar-refractivity contribution is 9.09. The summed E-state index contributed by atoms with van der Waals surface area (Å²) in [5.74, 6) is -5.15. The van der Waals surface area contributed by atoms with Crippen molar-refractivity contribution in [2.24, 2.45) is 23.7 Å². The predicted octanol–water partition coefficient (Wildman–Crippen LogP) is 11.9. The first-order valence-electron chi connectivity index (χ1n) is 51.4. The molecule has 46 heteroatoms. The number of rotatable bonds is 38. The van der Waals surface area contributed by atoms with Crippen LogP contribution in [-0.2, 0) is 168 Å². The maximum absolute atomic E-state index is 11.7. The number of halogens is 1. The molecule has 8 aliphatic heterocycles. The molecule has 0 bridgehead atoms. The maximum atomic E-state index is 11.7. The molecule has 3 aromatic rings. The van der Waals surface area contributed by atoms with Crippen LogP contribution in [0.2, 0.25) is 128 Å². The highest BCUT2D eigenvalue weighted by Crippen LogP contribution is 2.42. The molecule has 11 rings (SSSR count). The lowest BCUT2D eigenvalue weighted by Crippen LogP contribution is -2.62. The molecule has 32 unspecified atom stereocenters. The highest BCUT2D eigenvalue weighted by Gasteiger charge is 2.55. The van der Waals surface area contributed by atoms with Gasteiger partial charge in [-0.25, -0.2) is 0 Å². The minimum Gasteiger partial charge on any atom is -0.463 e. The number of benzene rings is 3. The van der Waals surface area contributed by atoms with Gasteiger partial charge in [-0.05, 0) is 35.8 Å². The van der Waals surface area contributed by atoms with Crippen molar-refractivity contribution in [1.82, 2.24) is 0 Å². The van der Waals surface area contributed by atoms with E-state index in [1.165, 1.54) is 62.3 Å². The van der Waals surface area contributed by atoms with Crippen molar-refractivity contribution in [3.8, 4) is 0 Å². The number of aliphatic hydroxyl groups is 6. The number of alkyl halides is 1. The fourth-order valence-corrected chi connectivity index (χ4v) is 21.1. The van der Waals surface area contributed by atoms with Gasteiger partial charge in [-0.3, -0.25) is 43.2 Å². The van der Waals surface area contributed by atoms with E-state index in [9.17, 15) is 68.7 Å². The van der Waals surface area contributed by atoms with Crippen LogP contribution < -0.4 is 0 Å². The monoisotopic (exact) mass is 2280 g/mol. The van der Waals surface area contributed by atoms with Crippen molar-refractivity contribution in [2.75, 3.05) is 72.7 Å². The second kappa shape index (κ2) is 63.2. The first-order chi connectivity index (χ1) is 70.0. The molecule has 0 saturated carbocycles. The molecule has 3 aromatic carbocycles. The zero-order valence-electron chi connectivity index (χ0n) is 92.6. The Labute approximate surface area is 897 Å². The van der Waals surface area contributed by atoms with Crippen molar-refractivity contribution in [2.45, 2.75) is 396 Å². The van der Waals surface area contributed by atoms with Crippen molar-refractivity contribution in [3.05, 3.63) is 108 Å². The second-order valence-electron chi connectivity index (χ2n) is 44.7. The van der Waals surface area contributed by atoms with E-state index in [1.54, 1.807) is 13.8 Å². The molecule has 0 spiro atoms. The van der Waals surface area contributed by atoms with E-state index in [1.807, 2.05) is 105 Å². The fourth-order valence-electron chi connectivity index (χ4n) is 16.6. The lowest BCUT2D eigenvalue weighted by atomic mass is 9.89. The van der Waals surface area contributed by atoms with Crippen LogP contribution in [0.1, 0.15) is 119 Å². The fraction of sp³-hybridized carbons (Fsp3) is 0.740. The van der Waals surface area contributed by atoms with Gasteiger partial charge in [-0.15, -0.1) is 0 Å². The van der Waals surface area contributed by atoms with Gasteiger partial charge >= 0.3 is 53.7 Å². The molecule has 40 nitrogen and oxygen atoms in total. The van der Waals surface area contributed by atoms with Gasteiger partial charge in [0.15, 0.2) is 62.3 Å². The maximum Gasteiger partial charge on any atom is 0.303 e. The molecule has 854 valence electrons. The lowest BCUT2D eigenvalue weighted by molar-refractivity contribution is -0.360. The molecule has 0 amide bonds. The van der Waals surface area contributed by atoms with Crippen molar-refractivity contribution in [3.63, 3.8) is 0 Å². The normalized spacial score (nSPS) is 31.8. The molecule has 0 radical (unpaired) electrons. The van der Waals surface area contributed by atoms with Gasteiger partial charge in [0.05, 0.1) is 39.1 Å². The molecular weight excluding hydrogens is 2110 g/mol. The van der Waals surface area contributed by atoms with E-state index in [0.717, 1.165) is 46.9 Å². The third kappa shape index (κ3) is 46.8. The van der Waals surface area contributed by atoms with Gasteiger partial charge < -0.3 is 149 Å². The Kier molecular flexibility index (Phi) is 55.7. The molecule has 8 saturated heterocycles. The van der Waals surface area contributed by atoms with Crippen LogP contribution in [0.15, 0.2) is 91.0 Å². The van der Waals surface area contributed by atoms with Gasteiger partial charge in [0.1, 0.15) is 116 Å². The summed E-state index contributed by atoms with van der Waals surface area (Å²) in [5.41, 5.74) is 2.87. The van der Waals surface area contributed by atoms with Gasteiger partial charge in [-0.1, -0.05) is 233 Å². The van der Waals surface area contributed by atoms with E-state index in [0.29, 0.717) is 46.2 Å². The SMILES string of the molecule is CC(=O)OC1C(COCc2ccccc2)OC(OCC[Si](C)(C)C)C(OC(C)=O)C1C.CC(=O)OC1C(OCC[Si](C)(C)C)OC2COC(c3ccccc3)OC2C1C.CC(=O)OCC1OC(Br)C(OC(C)=O)C(C)C1OC(C)=O.CC(=O)OCC1OC(OCC[Si](C)(C)C)C(OC(C)=O)C(C)C1OC(C)=O.C[Si](C)(C)CCOC1OC(CO)C(O)C(O)C1O.C[Si](C)(C)CCOC1OC2COC(c3ccccc3)OC2C(O)C1O. The van der Waals surface area contributed by atoms with Gasteiger partial charge in [-0.2, -0.15) is 0 Å². The minimum atomic E-state index is -1.37. The van der Waals surface area contributed by atoms with Crippen LogP contribution in [0.25, 0.3) is 0 Å². The Balaban J connectivity index is 0.000000277. The Morgan fingerprint density at radius 1 is 0.313 bits per heavy atom. The number of esters is 9. The number of ether oxygens (including phenoxy) is 25. The smallest absolute Gasteiger partial charge is 0.303 e. The zero-order chi connectivity index (χ0) is 112. The number of carbonyl (C=O) groups excluding carboxylic acids is 9. The molecule has 150 heavy (non-hydrogen) atoms. The lowest BCUT2D eigenvalue weighted by Gasteiger charge is -2.48. The number of hydrogen-bond donors (Lipinski definition) is 6. The summed E-state index contributed by atoms with van der Waals surface area (Å²) in [5, 5.41) is 58.1. The van der Waals surface area contributed by atoms with E-state index < -0.39 is 260 Å². The van der Waals surface area contributed by atoms with E-state index in [4.69, 9.17) is 124 Å². The topological polar surface area (TPSA) is 506 Å². The Morgan fingerprint density at radius 2 is 0.600 bits per heavy atom. The third-order valence-corrected chi connectivity index (χ3v) is 34.3. The van der Waals surface area contributed by atoms with Crippen molar-refractivity contribution < 1.29 is 192 Å². The Bertz CT molecular complexity index is 4500. The van der Waals surface area contributed by atoms with Crippen molar-refractivity contribution in [1.29, 1.82) is 0 Å². The second-order valence-corrected chi connectivity index (χ2v) is 73.7. The molecule has 8 heterocycles. The molecule has 8 fully saturated rings. The summed E-state index contributed by atoms with van der Waals surface area (Å²) in [7, 11) is -6.34. The third-order valence-electron chi connectivity index (χ3n) is 25.0.